The van der Waals surface area contributed by atoms with E-state index in [1.165, 1.54) is 0 Å². The zero-order valence-electron chi connectivity index (χ0n) is 7.78. The molecule has 1 nitrogen and oxygen atoms in total. The first-order chi connectivity index (χ1) is 6.06. The van der Waals surface area contributed by atoms with Crippen molar-refractivity contribution in [3.8, 4) is 0 Å². The van der Waals surface area contributed by atoms with Crippen molar-refractivity contribution >= 4 is 11.8 Å². The van der Waals surface area contributed by atoms with Crippen molar-refractivity contribution in [2.75, 3.05) is 25.1 Å². The molecule has 80 valence electrons. The second kappa shape index (κ2) is 7.50. The van der Waals surface area contributed by atoms with Gasteiger partial charge in [-0.15, -0.1) is 0 Å². The van der Waals surface area contributed by atoms with E-state index in [2.05, 4.69) is 5.32 Å². The molecule has 0 unspecified atom stereocenters. The molecule has 0 aliphatic carbocycles. The first-order valence-corrected chi connectivity index (χ1v) is 5.72. The second-order valence-electron chi connectivity index (χ2n) is 2.85. The van der Waals surface area contributed by atoms with Gasteiger partial charge in [-0.25, -0.2) is 0 Å². The highest BCUT2D eigenvalue weighted by atomic mass is 32.2. The van der Waals surface area contributed by atoms with Gasteiger partial charge in [0.2, 0.25) is 0 Å². The quantitative estimate of drug-likeness (QED) is 0.655. The van der Waals surface area contributed by atoms with Crippen molar-refractivity contribution in [3.63, 3.8) is 0 Å². The van der Waals surface area contributed by atoms with E-state index in [1.807, 2.05) is 6.26 Å². The number of alkyl halides is 3. The van der Waals surface area contributed by atoms with Crippen LogP contribution in [0.3, 0.4) is 0 Å². The summed E-state index contributed by atoms with van der Waals surface area (Å²) in [7, 11) is 0. The van der Waals surface area contributed by atoms with E-state index in [4.69, 9.17) is 0 Å². The molecule has 0 atom stereocenters. The third-order valence-electron chi connectivity index (χ3n) is 1.53. The number of nitrogens with one attached hydrogen (secondary N) is 1. The van der Waals surface area contributed by atoms with Crippen LogP contribution in [0.4, 0.5) is 13.2 Å². The molecule has 0 bridgehead atoms. The highest BCUT2D eigenvalue weighted by molar-refractivity contribution is 7.98. The molecule has 0 spiro atoms. The van der Waals surface area contributed by atoms with Gasteiger partial charge in [0, 0.05) is 0 Å². The molecule has 5 heteroatoms. The van der Waals surface area contributed by atoms with Crippen molar-refractivity contribution < 1.29 is 13.2 Å². The summed E-state index contributed by atoms with van der Waals surface area (Å²) in [6.45, 7) is -0.399. The van der Waals surface area contributed by atoms with E-state index in [0.717, 1.165) is 25.0 Å². The number of unbranched alkanes of at least 4 members (excludes halogenated alkanes) is 2. The van der Waals surface area contributed by atoms with Crippen LogP contribution < -0.4 is 5.32 Å². The monoisotopic (exact) mass is 215 g/mol. The number of hydrogen-bond donors (Lipinski definition) is 1. The summed E-state index contributed by atoms with van der Waals surface area (Å²) in [6, 6.07) is 0. The first kappa shape index (κ1) is 13.1. The van der Waals surface area contributed by atoms with Gasteiger partial charge in [0.15, 0.2) is 0 Å². The van der Waals surface area contributed by atoms with E-state index in [0.29, 0.717) is 6.54 Å². The Morgan fingerprint density at radius 3 is 2.38 bits per heavy atom. The Morgan fingerprint density at radius 2 is 1.85 bits per heavy atom. The summed E-state index contributed by atoms with van der Waals surface area (Å²) in [6.07, 6.45) is 0.887. The lowest BCUT2D eigenvalue weighted by Crippen LogP contribution is -2.29. The van der Waals surface area contributed by atoms with Crippen LogP contribution >= 0.6 is 11.8 Å². The van der Waals surface area contributed by atoms with Crippen LogP contribution in [0.1, 0.15) is 19.3 Å². The number of hydrogen-bond acceptors (Lipinski definition) is 2. The Morgan fingerprint density at radius 1 is 1.15 bits per heavy atom. The van der Waals surface area contributed by atoms with Crippen LogP contribution in [0.15, 0.2) is 0 Å². The van der Waals surface area contributed by atoms with Crippen LogP contribution in [0.5, 0.6) is 0 Å². The van der Waals surface area contributed by atoms with E-state index in [1.54, 1.807) is 11.8 Å². The summed E-state index contributed by atoms with van der Waals surface area (Å²) in [4.78, 5) is 0. The third-order valence-corrected chi connectivity index (χ3v) is 2.22. The molecule has 0 aliphatic heterocycles. The fourth-order valence-electron chi connectivity index (χ4n) is 0.903. The second-order valence-corrected chi connectivity index (χ2v) is 3.83. The topological polar surface area (TPSA) is 12.0 Å². The fraction of sp³-hybridized carbons (Fsp3) is 1.00. The highest BCUT2D eigenvalue weighted by Gasteiger charge is 2.25. The Hall–Kier alpha value is 0.100. The van der Waals surface area contributed by atoms with Crippen molar-refractivity contribution in [3.05, 3.63) is 0 Å². The summed E-state index contributed by atoms with van der Waals surface area (Å²) in [5.74, 6) is 1.10. The SMILES string of the molecule is CSCCCCCNCC(F)(F)F. The largest absolute Gasteiger partial charge is 0.401 e. The molecule has 0 amide bonds. The molecule has 0 aromatic rings. The minimum absolute atomic E-state index is 0.466. The maximum Gasteiger partial charge on any atom is 0.401 e. The summed E-state index contributed by atoms with van der Waals surface area (Å²) < 4.78 is 34.9. The predicted molar refractivity (Wildman–Crippen MR) is 51.2 cm³/mol. The lowest BCUT2D eigenvalue weighted by molar-refractivity contribution is -0.124. The molecule has 1 N–H and O–H groups in total. The Kier molecular flexibility index (Phi) is 7.56. The Balaban J connectivity index is 3.00. The van der Waals surface area contributed by atoms with Gasteiger partial charge in [0.25, 0.3) is 0 Å². The lowest BCUT2D eigenvalue weighted by atomic mass is 10.2. The minimum atomic E-state index is -4.07. The zero-order chi connectivity index (χ0) is 10.2. The molecule has 0 aromatic carbocycles. The van der Waals surface area contributed by atoms with Crippen LogP contribution in [0, 0.1) is 0 Å². The Bertz CT molecular complexity index is 116. The summed E-state index contributed by atoms with van der Waals surface area (Å²) in [5.41, 5.74) is 0. The summed E-state index contributed by atoms with van der Waals surface area (Å²) in [5, 5.41) is 2.37. The smallest absolute Gasteiger partial charge is 0.309 e. The maximum absolute atomic E-state index is 11.6. The average molecular weight is 215 g/mol. The van der Waals surface area contributed by atoms with Crippen molar-refractivity contribution in [2.24, 2.45) is 0 Å². The lowest BCUT2D eigenvalue weighted by Gasteiger charge is -2.07. The molecule has 0 saturated heterocycles. The van der Waals surface area contributed by atoms with Gasteiger partial charge < -0.3 is 5.32 Å². The molecule has 0 heterocycles. The molecule has 13 heavy (non-hydrogen) atoms. The van der Waals surface area contributed by atoms with Gasteiger partial charge in [-0.05, 0) is 31.4 Å². The predicted octanol–water partition coefficient (Wildman–Crippen LogP) is 2.67. The Labute approximate surface area is 81.5 Å². The van der Waals surface area contributed by atoms with Gasteiger partial charge in [0.1, 0.15) is 0 Å². The van der Waals surface area contributed by atoms with E-state index in [-0.39, 0.29) is 0 Å². The molecule has 0 radical (unpaired) electrons. The van der Waals surface area contributed by atoms with Gasteiger partial charge in [0.05, 0.1) is 6.54 Å². The highest BCUT2D eigenvalue weighted by Crippen LogP contribution is 2.12. The molecule has 0 rings (SSSR count). The van der Waals surface area contributed by atoms with E-state index < -0.39 is 12.7 Å². The minimum Gasteiger partial charge on any atom is -0.309 e. The molecule has 0 aromatic heterocycles. The molecule has 0 aliphatic rings. The number of halogens is 3. The van der Waals surface area contributed by atoms with Crippen LogP contribution in [-0.2, 0) is 0 Å². The van der Waals surface area contributed by atoms with E-state index in [9.17, 15) is 13.2 Å². The third kappa shape index (κ3) is 12.1. The van der Waals surface area contributed by atoms with Crippen molar-refractivity contribution in [2.45, 2.75) is 25.4 Å². The zero-order valence-corrected chi connectivity index (χ0v) is 8.60. The van der Waals surface area contributed by atoms with Gasteiger partial charge in [-0.1, -0.05) is 6.42 Å². The number of thioether (sulfide) groups is 1. The van der Waals surface area contributed by atoms with Crippen LogP contribution in [-0.4, -0.2) is 31.3 Å². The van der Waals surface area contributed by atoms with Crippen molar-refractivity contribution in [1.29, 1.82) is 0 Å². The average Bonchev–Trinajstić information content (AvgIpc) is 2.01. The number of rotatable bonds is 7. The first-order valence-electron chi connectivity index (χ1n) is 4.32. The van der Waals surface area contributed by atoms with E-state index >= 15 is 0 Å². The maximum atomic E-state index is 11.6. The van der Waals surface area contributed by atoms with Gasteiger partial charge >= 0.3 is 6.18 Å². The van der Waals surface area contributed by atoms with Crippen LogP contribution in [0.2, 0.25) is 0 Å². The fourth-order valence-corrected chi connectivity index (χ4v) is 1.40. The van der Waals surface area contributed by atoms with Crippen molar-refractivity contribution in [1.82, 2.24) is 5.32 Å². The normalized spacial score (nSPS) is 12.0. The molecule has 0 fully saturated rings. The van der Waals surface area contributed by atoms with Crippen LogP contribution in [0.25, 0.3) is 0 Å². The van der Waals surface area contributed by atoms with Gasteiger partial charge in [-0.2, -0.15) is 24.9 Å². The van der Waals surface area contributed by atoms with Gasteiger partial charge in [-0.3, -0.25) is 0 Å². The molecule has 0 saturated carbocycles. The molecular weight excluding hydrogens is 199 g/mol. The molecular formula is C8H16F3NS. The summed E-state index contributed by atoms with van der Waals surface area (Å²) >= 11 is 1.77. The standard InChI is InChI=1S/C8H16F3NS/c1-13-6-4-2-3-5-12-7-8(9,10)11/h12H,2-7H2,1H3.